The van der Waals surface area contributed by atoms with Crippen LogP contribution >= 0.6 is 0 Å². The van der Waals surface area contributed by atoms with Crippen molar-refractivity contribution in [2.24, 2.45) is 0 Å². The summed E-state index contributed by atoms with van der Waals surface area (Å²) in [6, 6.07) is 0. The first-order valence-corrected chi connectivity index (χ1v) is 3.94. The van der Waals surface area contributed by atoms with Crippen LogP contribution in [-0.2, 0) is 9.53 Å². The molecule has 0 amide bonds. The third-order valence-corrected chi connectivity index (χ3v) is 1.54. The maximum Gasteiger partial charge on any atom is 0.333 e. The van der Waals surface area contributed by atoms with E-state index >= 15 is 0 Å². The second kappa shape index (κ2) is 4.01. The average Bonchev–Trinajstić information content (AvgIpc) is 2.37. The molecule has 0 saturated heterocycles. The van der Waals surface area contributed by atoms with Crippen LogP contribution in [0.3, 0.4) is 0 Å². The highest BCUT2D eigenvalue weighted by Gasteiger charge is 2.10. The van der Waals surface area contributed by atoms with E-state index in [2.05, 4.69) is 12.2 Å². The minimum atomic E-state index is -0.232. The van der Waals surface area contributed by atoms with Crippen molar-refractivity contribution in [3.63, 3.8) is 0 Å². The van der Waals surface area contributed by atoms with Crippen molar-refractivity contribution in [1.29, 1.82) is 0 Å². The van der Waals surface area contributed by atoms with E-state index in [0.29, 0.717) is 6.61 Å². The molecule has 0 atom stereocenters. The van der Waals surface area contributed by atoms with Gasteiger partial charge in [-0.15, -0.1) is 0 Å². The molecule has 1 N–H and O–H groups in total. The van der Waals surface area contributed by atoms with Crippen LogP contribution in [0.1, 0.15) is 19.8 Å². The van der Waals surface area contributed by atoms with Crippen molar-refractivity contribution >= 4 is 5.97 Å². The molecule has 1 rings (SSSR count). The van der Waals surface area contributed by atoms with E-state index in [-0.39, 0.29) is 5.97 Å². The van der Waals surface area contributed by atoms with Crippen LogP contribution in [0.25, 0.3) is 0 Å². The van der Waals surface area contributed by atoms with Gasteiger partial charge in [-0.2, -0.15) is 0 Å². The molecule has 11 heavy (non-hydrogen) atoms. The fourth-order valence-corrected chi connectivity index (χ4v) is 0.902. The van der Waals surface area contributed by atoms with Gasteiger partial charge in [-0.1, -0.05) is 13.3 Å². The molecule has 0 aromatic rings. The molecule has 0 aromatic heterocycles. The lowest BCUT2D eigenvalue weighted by Crippen LogP contribution is -2.15. The van der Waals surface area contributed by atoms with Crippen LogP contribution < -0.4 is 5.32 Å². The van der Waals surface area contributed by atoms with E-state index in [1.54, 1.807) is 0 Å². The van der Waals surface area contributed by atoms with Crippen molar-refractivity contribution in [3.05, 3.63) is 11.8 Å². The standard InChI is InChI=1S/C8H13NO2/c1-2-3-4-9-7-5-8(10)11-6-7/h5,9H,2-4,6H2,1H3. The second-order valence-electron chi connectivity index (χ2n) is 2.56. The van der Waals surface area contributed by atoms with Gasteiger partial charge in [-0.25, -0.2) is 4.79 Å². The number of ether oxygens (including phenoxy) is 1. The van der Waals surface area contributed by atoms with Gasteiger partial charge in [0.1, 0.15) is 6.61 Å². The maximum absolute atomic E-state index is 10.5. The highest BCUT2D eigenvalue weighted by molar-refractivity contribution is 5.85. The quantitative estimate of drug-likeness (QED) is 0.482. The average molecular weight is 155 g/mol. The lowest BCUT2D eigenvalue weighted by molar-refractivity contribution is -0.134. The van der Waals surface area contributed by atoms with Crippen LogP contribution in [0.5, 0.6) is 0 Å². The largest absolute Gasteiger partial charge is 0.456 e. The lowest BCUT2D eigenvalue weighted by Gasteiger charge is -2.02. The summed E-state index contributed by atoms with van der Waals surface area (Å²) in [4.78, 5) is 10.5. The van der Waals surface area contributed by atoms with Gasteiger partial charge in [-0.05, 0) is 6.42 Å². The number of rotatable bonds is 4. The zero-order chi connectivity index (χ0) is 8.10. The smallest absolute Gasteiger partial charge is 0.333 e. The fraction of sp³-hybridized carbons (Fsp3) is 0.625. The van der Waals surface area contributed by atoms with E-state index in [1.165, 1.54) is 6.08 Å². The first-order valence-electron chi connectivity index (χ1n) is 3.94. The Kier molecular flexibility index (Phi) is 2.95. The minimum Gasteiger partial charge on any atom is -0.456 e. The van der Waals surface area contributed by atoms with Gasteiger partial charge in [0, 0.05) is 12.6 Å². The van der Waals surface area contributed by atoms with Crippen molar-refractivity contribution in [3.8, 4) is 0 Å². The van der Waals surface area contributed by atoms with E-state index < -0.39 is 0 Å². The first kappa shape index (κ1) is 8.11. The summed E-state index contributed by atoms with van der Waals surface area (Å²) >= 11 is 0. The number of hydrogen-bond acceptors (Lipinski definition) is 3. The Hall–Kier alpha value is -0.990. The van der Waals surface area contributed by atoms with Gasteiger partial charge in [-0.3, -0.25) is 0 Å². The molecular weight excluding hydrogens is 142 g/mol. The first-order chi connectivity index (χ1) is 5.33. The number of carbonyl (C=O) groups excluding carboxylic acids is 1. The molecular formula is C8H13NO2. The zero-order valence-electron chi connectivity index (χ0n) is 6.72. The molecule has 0 fully saturated rings. The van der Waals surface area contributed by atoms with Gasteiger partial charge in [0.25, 0.3) is 0 Å². The summed E-state index contributed by atoms with van der Waals surface area (Å²) in [5.74, 6) is -0.232. The molecule has 0 bridgehead atoms. The zero-order valence-corrected chi connectivity index (χ0v) is 6.72. The molecule has 1 aliphatic heterocycles. The van der Waals surface area contributed by atoms with Crippen molar-refractivity contribution in [2.45, 2.75) is 19.8 Å². The second-order valence-corrected chi connectivity index (χ2v) is 2.56. The number of hydrogen-bond donors (Lipinski definition) is 1. The predicted octanol–water partition coefficient (Wildman–Crippen LogP) is 0.817. The third-order valence-electron chi connectivity index (χ3n) is 1.54. The Labute approximate surface area is 66.4 Å². The molecule has 3 nitrogen and oxygen atoms in total. The highest BCUT2D eigenvalue weighted by Crippen LogP contribution is 2.01. The van der Waals surface area contributed by atoms with Crippen molar-refractivity contribution in [1.82, 2.24) is 5.32 Å². The third kappa shape index (κ3) is 2.62. The molecule has 62 valence electrons. The predicted molar refractivity (Wildman–Crippen MR) is 42.0 cm³/mol. The molecule has 1 heterocycles. The molecule has 1 aliphatic rings. The van der Waals surface area contributed by atoms with Gasteiger partial charge in [0.05, 0.1) is 5.70 Å². The van der Waals surface area contributed by atoms with Crippen LogP contribution in [0.2, 0.25) is 0 Å². The van der Waals surface area contributed by atoms with Crippen molar-refractivity contribution < 1.29 is 9.53 Å². The summed E-state index contributed by atoms with van der Waals surface area (Å²) in [6.07, 6.45) is 3.80. The lowest BCUT2D eigenvalue weighted by atomic mass is 10.3. The summed E-state index contributed by atoms with van der Waals surface area (Å²) in [5, 5.41) is 3.13. The minimum absolute atomic E-state index is 0.232. The molecule has 0 aromatic carbocycles. The molecule has 3 heteroatoms. The summed E-state index contributed by atoms with van der Waals surface area (Å²) in [7, 11) is 0. The molecule has 0 radical (unpaired) electrons. The molecule has 0 saturated carbocycles. The molecule has 0 unspecified atom stereocenters. The Morgan fingerprint density at radius 3 is 3.09 bits per heavy atom. The van der Waals surface area contributed by atoms with Crippen LogP contribution in [-0.4, -0.2) is 19.1 Å². The SMILES string of the molecule is CCCCNC1=CC(=O)OC1. The monoisotopic (exact) mass is 155 g/mol. The van der Waals surface area contributed by atoms with E-state index in [1.807, 2.05) is 0 Å². The summed E-state index contributed by atoms with van der Waals surface area (Å²) < 4.78 is 4.70. The van der Waals surface area contributed by atoms with Crippen molar-refractivity contribution in [2.75, 3.05) is 13.2 Å². The van der Waals surface area contributed by atoms with E-state index in [4.69, 9.17) is 4.74 Å². The van der Waals surface area contributed by atoms with Crippen LogP contribution in [0, 0.1) is 0 Å². The number of unbranched alkanes of at least 4 members (excludes halogenated alkanes) is 1. The van der Waals surface area contributed by atoms with Gasteiger partial charge < -0.3 is 10.1 Å². The summed E-state index contributed by atoms with van der Waals surface area (Å²) in [5.41, 5.74) is 0.906. The number of esters is 1. The van der Waals surface area contributed by atoms with Gasteiger partial charge >= 0.3 is 5.97 Å². The van der Waals surface area contributed by atoms with Crippen LogP contribution in [0.4, 0.5) is 0 Å². The van der Waals surface area contributed by atoms with E-state index in [0.717, 1.165) is 25.1 Å². The Morgan fingerprint density at radius 2 is 2.55 bits per heavy atom. The number of cyclic esters (lactones) is 1. The van der Waals surface area contributed by atoms with Crippen LogP contribution in [0.15, 0.2) is 11.8 Å². The number of nitrogens with one attached hydrogen (secondary N) is 1. The topological polar surface area (TPSA) is 38.3 Å². The van der Waals surface area contributed by atoms with Gasteiger partial charge in [0.2, 0.25) is 0 Å². The maximum atomic E-state index is 10.5. The summed E-state index contributed by atoms with van der Waals surface area (Å²) in [6.45, 7) is 3.48. The fourth-order valence-electron chi connectivity index (χ4n) is 0.902. The molecule has 0 aliphatic carbocycles. The van der Waals surface area contributed by atoms with E-state index in [9.17, 15) is 4.79 Å². The number of carbonyl (C=O) groups is 1. The normalized spacial score (nSPS) is 16.1. The Morgan fingerprint density at radius 1 is 1.73 bits per heavy atom. The highest BCUT2D eigenvalue weighted by atomic mass is 16.5. The Balaban J connectivity index is 2.17. The Bertz CT molecular complexity index is 175. The molecule has 0 spiro atoms. The van der Waals surface area contributed by atoms with Gasteiger partial charge in [0.15, 0.2) is 0 Å².